The molecule has 3 rings (SSSR count). The Balaban J connectivity index is 1.59. The molecule has 0 N–H and O–H groups in total. The lowest BCUT2D eigenvalue weighted by molar-refractivity contribution is 0.309. The van der Waals surface area contributed by atoms with Gasteiger partial charge in [0.15, 0.2) is 0 Å². The van der Waals surface area contributed by atoms with E-state index in [4.69, 9.17) is 0 Å². The van der Waals surface area contributed by atoms with Crippen LogP contribution < -0.4 is 0 Å². The zero-order valence-corrected chi connectivity index (χ0v) is 16.0. The van der Waals surface area contributed by atoms with Crippen molar-refractivity contribution in [3.8, 4) is 23.7 Å². The van der Waals surface area contributed by atoms with Crippen LogP contribution in [0.3, 0.4) is 0 Å². The van der Waals surface area contributed by atoms with Gasteiger partial charge in [0.1, 0.15) is 0 Å². The van der Waals surface area contributed by atoms with Gasteiger partial charge in [0, 0.05) is 22.6 Å². The monoisotopic (exact) mass is 340 g/mol. The van der Waals surface area contributed by atoms with Crippen LogP contribution in [0, 0.1) is 35.5 Å². The largest absolute Gasteiger partial charge is 0.0945 e. The molecule has 1 aliphatic rings. The predicted octanol–water partition coefficient (Wildman–Crippen LogP) is 6.22. The highest BCUT2D eigenvalue weighted by Crippen LogP contribution is 2.30. The van der Waals surface area contributed by atoms with E-state index in [0.717, 1.165) is 29.0 Å². The van der Waals surface area contributed by atoms with Crippen molar-refractivity contribution in [2.45, 2.75) is 52.4 Å². The molecule has 1 aliphatic carbocycles. The molecule has 0 aromatic heterocycles. The minimum Gasteiger partial charge on any atom is -0.0945 e. The Morgan fingerprint density at radius 1 is 0.692 bits per heavy atom. The van der Waals surface area contributed by atoms with Gasteiger partial charge in [-0.25, -0.2) is 0 Å². The third-order valence-electron chi connectivity index (χ3n) is 5.44. The fourth-order valence-corrected chi connectivity index (χ4v) is 3.51. The van der Waals surface area contributed by atoms with Crippen LogP contribution in [0.25, 0.3) is 0 Å². The topological polar surface area (TPSA) is 0 Å². The van der Waals surface area contributed by atoms with E-state index in [0.29, 0.717) is 5.92 Å². The molecule has 0 aliphatic heterocycles. The van der Waals surface area contributed by atoms with Gasteiger partial charge in [-0.15, -0.1) is 0 Å². The lowest BCUT2D eigenvalue weighted by Crippen LogP contribution is -2.12. The van der Waals surface area contributed by atoms with E-state index in [9.17, 15) is 0 Å². The van der Waals surface area contributed by atoms with Crippen molar-refractivity contribution in [1.29, 1.82) is 0 Å². The maximum absolute atomic E-state index is 3.48. The third kappa shape index (κ3) is 5.28. The second kappa shape index (κ2) is 9.31. The average Bonchev–Trinajstić information content (AvgIpc) is 2.72. The highest BCUT2D eigenvalue weighted by molar-refractivity contribution is 5.46. The Morgan fingerprint density at radius 3 is 1.69 bits per heavy atom. The predicted molar refractivity (Wildman–Crippen MR) is 111 cm³/mol. The van der Waals surface area contributed by atoms with Crippen LogP contribution in [0.15, 0.2) is 48.5 Å². The zero-order valence-electron chi connectivity index (χ0n) is 16.0. The Bertz CT molecular complexity index is 808. The molecule has 0 atom stereocenters. The van der Waals surface area contributed by atoms with Crippen LogP contribution in [0.5, 0.6) is 0 Å². The second-order valence-corrected chi connectivity index (χ2v) is 7.27. The van der Waals surface area contributed by atoms with Crippen molar-refractivity contribution in [2.24, 2.45) is 11.8 Å². The van der Waals surface area contributed by atoms with Crippen LogP contribution in [-0.2, 0) is 6.42 Å². The van der Waals surface area contributed by atoms with E-state index in [2.05, 4.69) is 86.1 Å². The Labute approximate surface area is 159 Å². The van der Waals surface area contributed by atoms with Crippen molar-refractivity contribution in [3.05, 3.63) is 70.8 Å². The minimum absolute atomic E-state index is 0.586. The molecular weight excluding hydrogens is 312 g/mol. The van der Waals surface area contributed by atoms with Gasteiger partial charge in [0.2, 0.25) is 0 Å². The first-order chi connectivity index (χ1) is 12.8. The highest BCUT2D eigenvalue weighted by atomic mass is 14.2. The summed E-state index contributed by atoms with van der Waals surface area (Å²) in [6, 6.07) is 16.8. The summed E-state index contributed by atoms with van der Waals surface area (Å²) in [4.78, 5) is 0. The molecule has 1 fully saturated rings. The molecule has 0 radical (unpaired) electrons. The van der Waals surface area contributed by atoms with Gasteiger partial charge in [-0.3, -0.25) is 0 Å². The van der Waals surface area contributed by atoms with Crippen LogP contribution in [-0.4, -0.2) is 0 Å². The lowest BCUT2D eigenvalue weighted by Gasteiger charge is -2.24. The van der Waals surface area contributed by atoms with Crippen LogP contribution >= 0.6 is 0 Å². The van der Waals surface area contributed by atoms with Gasteiger partial charge in [0.05, 0.1) is 0 Å². The summed E-state index contributed by atoms with van der Waals surface area (Å²) < 4.78 is 0. The SMILES string of the molecule is CCc1ccc(C#Cc2ccc(C#CC3CCC(CC)CC3)cc2)cc1. The summed E-state index contributed by atoms with van der Waals surface area (Å²) >= 11 is 0. The normalized spacial score (nSPS) is 19.0. The quantitative estimate of drug-likeness (QED) is 0.570. The molecule has 2 aromatic rings. The summed E-state index contributed by atoms with van der Waals surface area (Å²) in [6.07, 6.45) is 7.63. The van der Waals surface area contributed by atoms with Crippen LogP contribution in [0.2, 0.25) is 0 Å². The number of aryl methyl sites for hydroxylation is 1. The Morgan fingerprint density at radius 2 is 1.19 bits per heavy atom. The fraction of sp³-hybridized carbons (Fsp3) is 0.385. The van der Waals surface area contributed by atoms with E-state index in [1.54, 1.807) is 0 Å². The minimum atomic E-state index is 0.586. The van der Waals surface area contributed by atoms with Crippen molar-refractivity contribution in [1.82, 2.24) is 0 Å². The molecule has 0 bridgehead atoms. The molecule has 0 nitrogen and oxygen atoms in total. The molecule has 0 heteroatoms. The first kappa shape index (κ1) is 18.4. The third-order valence-corrected chi connectivity index (χ3v) is 5.44. The molecular formula is C26H28. The molecule has 2 aromatic carbocycles. The fourth-order valence-electron chi connectivity index (χ4n) is 3.51. The summed E-state index contributed by atoms with van der Waals surface area (Å²) in [5, 5.41) is 0. The van der Waals surface area contributed by atoms with Gasteiger partial charge in [0.25, 0.3) is 0 Å². The van der Waals surface area contributed by atoms with E-state index < -0.39 is 0 Å². The summed E-state index contributed by atoms with van der Waals surface area (Å²) in [5.74, 6) is 14.9. The summed E-state index contributed by atoms with van der Waals surface area (Å²) in [7, 11) is 0. The van der Waals surface area contributed by atoms with Crippen LogP contribution in [0.4, 0.5) is 0 Å². The van der Waals surface area contributed by atoms with E-state index in [-0.39, 0.29) is 0 Å². The smallest absolute Gasteiger partial charge is 0.0249 e. The van der Waals surface area contributed by atoms with E-state index >= 15 is 0 Å². The second-order valence-electron chi connectivity index (χ2n) is 7.27. The van der Waals surface area contributed by atoms with E-state index in [1.807, 2.05) is 0 Å². The molecule has 26 heavy (non-hydrogen) atoms. The van der Waals surface area contributed by atoms with Crippen molar-refractivity contribution in [2.75, 3.05) is 0 Å². The van der Waals surface area contributed by atoms with Gasteiger partial charge >= 0.3 is 0 Å². The lowest BCUT2D eigenvalue weighted by atomic mass is 9.81. The number of hydrogen-bond acceptors (Lipinski definition) is 0. The molecule has 0 unspecified atom stereocenters. The highest BCUT2D eigenvalue weighted by Gasteiger charge is 2.17. The van der Waals surface area contributed by atoms with Crippen molar-refractivity contribution >= 4 is 0 Å². The summed E-state index contributed by atoms with van der Waals surface area (Å²) in [6.45, 7) is 4.47. The molecule has 0 heterocycles. The maximum Gasteiger partial charge on any atom is 0.0249 e. The molecule has 132 valence electrons. The van der Waals surface area contributed by atoms with Gasteiger partial charge in [-0.2, -0.15) is 0 Å². The molecule has 0 spiro atoms. The standard InChI is InChI=1S/C26H28/c1-3-21-5-9-23(10-6-21)13-15-25-17-19-26(20-18-25)16-14-24-11-7-22(4-2)8-12-24/h5-6,9-10,17-20,22,24H,3-4,7-8,11-12H2,1-2H3. The Hall–Kier alpha value is -2.44. The van der Waals surface area contributed by atoms with Gasteiger partial charge in [-0.05, 0) is 80.0 Å². The number of benzene rings is 2. The number of rotatable bonds is 2. The first-order valence-corrected chi connectivity index (χ1v) is 9.99. The first-order valence-electron chi connectivity index (χ1n) is 9.99. The maximum atomic E-state index is 3.48. The molecule has 1 saturated carbocycles. The van der Waals surface area contributed by atoms with Crippen molar-refractivity contribution in [3.63, 3.8) is 0 Å². The van der Waals surface area contributed by atoms with Crippen LogP contribution in [0.1, 0.15) is 68.2 Å². The number of hydrogen-bond donors (Lipinski definition) is 0. The molecule has 0 saturated heterocycles. The Kier molecular flexibility index (Phi) is 6.57. The zero-order chi connectivity index (χ0) is 18.2. The van der Waals surface area contributed by atoms with Gasteiger partial charge < -0.3 is 0 Å². The van der Waals surface area contributed by atoms with E-state index in [1.165, 1.54) is 37.7 Å². The summed E-state index contributed by atoms with van der Waals surface area (Å²) in [5.41, 5.74) is 4.55. The molecule has 0 amide bonds. The van der Waals surface area contributed by atoms with Gasteiger partial charge in [-0.1, -0.05) is 56.1 Å². The average molecular weight is 341 g/mol. The van der Waals surface area contributed by atoms with Crippen molar-refractivity contribution < 1.29 is 0 Å².